The molecule has 0 spiro atoms. The Bertz CT molecular complexity index is 380. The predicted molar refractivity (Wildman–Crippen MR) is 68.7 cm³/mol. The summed E-state index contributed by atoms with van der Waals surface area (Å²) in [5.74, 6) is 0.867. The number of benzene rings is 1. The van der Waals surface area contributed by atoms with Crippen LogP contribution < -0.4 is 10.5 Å². The first kappa shape index (κ1) is 13.5. The van der Waals surface area contributed by atoms with Gasteiger partial charge in [-0.2, -0.15) is 5.26 Å². The Labute approximate surface area is 103 Å². The minimum atomic E-state index is -0.698. The van der Waals surface area contributed by atoms with Crippen molar-refractivity contribution in [3.05, 3.63) is 29.8 Å². The van der Waals surface area contributed by atoms with E-state index in [-0.39, 0.29) is 0 Å². The van der Waals surface area contributed by atoms with Crippen LogP contribution >= 0.6 is 0 Å². The second-order valence-corrected chi connectivity index (χ2v) is 4.39. The van der Waals surface area contributed by atoms with Crippen molar-refractivity contribution in [1.29, 1.82) is 5.26 Å². The van der Waals surface area contributed by atoms with E-state index in [4.69, 9.17) is 15.7 Å². The third kappa shape index (κ3) is 4.46. The first-order valence-corrected chi connectivity index (χ1v) is 5.99. The molecule has 3 heteroatoms. The summed E-state index contributed by atoms with van der Waals surface area (Å²) in [5, 5.41) is 8.92. The van der Waals surface area contributed by atoms with Gasteiger partial charge in [0.05, 0.1) is 12.7 Å². The van der Waals surface area contributed by atoms with Crippen LogP contribution in [-0.2, 0) is 0 Å². The minimum Gasteiger partial charge on any atom is -0.494 e. The van der Waals surface area contributed by atoms with Gasteiger partial charge in [-0.15, -0.1) is 0 Å². The first-order chi connectivity index (χ1) is 8.09. The van der Waals surface area contributed by atoms with Crippen LogP contribution in [0.15, 0.2) is 24.3 Å². The van der Waals surface area contributed by atoms with E-state index in [1.54, 1.807) is 0 Å². The predicted octanol–water partition coefficient (Wildman–Crippen LogP) is 2.79. The van der Waals surface area contributed by atoms with Crippen LogP contribution in [0.5, 0.6) is 5.75 Å². The first-order valence-electron chi connectivity index (χ1n) is 5.99. The summed E-state index contributed by atoms with van der Waals surface area (Å²) < 4.78 is 5.58. The van der Waals surface area contributed by atoms with Crippen molar-refractivity contribution in [2.75, 3.05) is 6.61 Å². The molecule has 0 heterocycles. The standard InChI is InChI=1S/C14H20N2O/c1-3-14(16,11-15)9-4-10-17-13-7-5-12(2)6-8-13/h5-8H,3-4,9-10,16H2,1-2H3. The average molecular weight is 232 g/mol. The lowest BCUT2D eigenvalue weighted by Gasteiger charge is -2.18. The molecule has 0 aliphatic carbocycles. The molecular weight excluding hydrogens is 212 g/mol. The van der Waals surface area contributed by atoms with Crippen LogP contribution in [0, 0.1) is 18.3 Å². The van der Waals surface area contributed by atoms with Gasteiger partial charge in [-0.3, -0.25) is 0 Å². The fourth-order valence-electron chi connectivity index (χ4n) is 1.52. The Kier molecular flexibility index (Phi) is 4.99. The number of nitriles is 1. The number of rotatable bonds is 6. The van der Waals surface area contributed by atoms with Crippen molar-refractivity contribution < 1.29 is 4.74 Å². The Morgan fingerprint density at radius 2 is 2.00 bits per heavy atom. The number of nitrogens with two attached hydrogens (primary N) is 1. The van der Waals surface area contributed by atoms with Crippen molar-refractivity contribution >= 4 is 0 Å². The van der Waals surface area contributed by atoms with Crippen LogP contribution in [0.3, 0.4) is 0 Å². The lowest BCUT2D eigenvalue weighted by atomic mass is 9.94. The van der Waals surface area contributed by atoms with Crippen LogP contribution in [0.2, 0.25) is 0 Å². The summed E-state index contributed by atoms with van der Waals surface area (Å²) >= 11 is 0. The van der Waals surface area contributed by atoms with Crippen LogP contribution in [0.25, 0.3) is 0 Å². The smallest absolute Gasteiger partial charge is 0.119 e. The molecule has 1 aromatic carbocycles. The van der Waals surface area contributed by atoms with Gasteiger partial charge in [0.15, 0.2) is 0 Å². The Morgan fingerprint density at radius 1 is 1.35 bits per heavy atom. The van der Waals surface area contributed by atoms with E-state index in [1.807, 2.05) is 38.1 Å². The number of hydrogen-bond donors (Lipinski definition) is 1. The van der Waals surface area contributed by atoms with Crippen molar-refractivity contribution in [2.24, 2.45) is 5.73 Å². The minimum absolute atomic E-state index is 0.601. The maximum Gasteiger partial charge on any atom is 0.119 e. The molecule has 0 bridgehead atoms. The van der Waals surface area contributed by atoms with Crippen molar-refractivity contribution in [1.82, 2.24) is 0 Å². The summed E-state index contributed by atoms with van der Waals surface area (Å²) in [6.07, 6.45) is 2.14. The zero-order valence-corrected chi connectivity index (χ0v) is 10.6. The van der Waals surface area contributed by atoms with Crippen molar-refractivity contribution in [3.8, 4) is 11.8 Å². The van der Waals surface area contributed by atoms with Crippen LogP contribution in [0.4, 0.5) is 0 Å². The monoisotopic (exact) mass is 232 g/mol. The fraction of sp³-hybridized carbons (Fsp3) is 0.500. The zero-order valence-electron chi connectivity index (χ0n) is 10.6. The fourth-order valence-corrected chi connectivity index (χ4v) is 1.52. The highest BCUT2D eigenvalue weighted by Gasteiger charge is 2.20. The quantitative estimate of drug-likeness (QED) is 0.767. The van der Waals surface area contributed by atoms with Crippen LogP contribution in [-0.4, -0.2) is 12.1 Å². The zero-order chi connectivity index (χ0) is 12.7. The van der Waals surface area contributed by atoms with Gasteiger partial charge in [-0.05, 0) is 38.3 Å². The molecule has 0 fully saturated rings. The van der Waals surface area contributed by atoms with E-state index in [9.17, 15) is 0 Å². The molecule has 0 aliphatic heterocycles. The molecule has 0 amide bonds. The van der Waals surface area contributed by atoms with E-state index in [2.05, 4.69) is 6.07 Å². The lowest BCUT2D eigenvalue weighted by molar-refractivity contribution is 0.291. The highest BCUT2D eigenvalue weighted by molar-refractivity contribution is 5.26. The maximum atomic E-state index is 8.92. The molecule has 17 heavy (non-hydrogen) atoms. The van der Waals surface area contributed by atoms with Gasteiger partial charge in [0.2, 0.25) is 0 Å². The molecule has 0 aromatic heterocycles. The molecule has 2 N–H and O–H groups in total. The molecule has 0 saturated heterocycles. The SMILES string of the molecule is CCC(N)(C#N)CCCOc1ccc(C)cc1. The molecule has 1 atom stereocenters. The topological polar surface area (TPSA) is 59.0 Å². The summed E-state index contributed by atoms with van der Waals surface area (Å²) in [4.78, 5) is 0. The molecule has 1 aromatic rings. The normalized spacial score (nSPS) is 13.8. The van der Waals surface area contributed by atoms with E-state index >= 15 is 0 Å². The van der Waals surface area contributed by atoms with Gasteiger partial charge in [-0.1, -0.05) is 24.6 Å². The second kappa shape index (κ2) is 6.27. The van der Waals surface area contributed by atoms with E-state index in [0.717, 1.165) is 12.2 Å². The van der Waals surface area contributed by atoms with Crippen molar-refractivity contribution in [3.63, 3.8) is 0 Å². The van der Waals surface area contributed by atoms with Gasteiger partial charge in [-0.25, -0.2) is 0 Å². The molecule has 0 radical (unpaired) electrons. The van der Waals surface area contributed by atoms with Crippen LogP contribution in [0.1, 0.15) is 31.7 Å². The molecule has 0 saturated carbocycles. The number of hydrogen-bond acceptors (Lipinski definition) is 3. The van der Waals surface area contributed by atoms with Gasteiger partial charge < -0.3 is 10.5 Å². The molecule has 3 nitrogen and oxygen atoms in total. The van der Waals surface area contributed by atoms with Gasteiger partial charge in [0.25, 0.3) is 0 Å². The Balaban J connectivity index is 2.29. The van der Waals surface area contributed by atoms with Gasteiger partial charge in [0, 0.05) is 0 Å². The third-order valence-corrected chi connectivity index (χ3v) is 2.91. The van der Waals surface area contributed by atoms with E-state index in [1.165, 1.54) is 5.56 Å². The number of nitrogens with zero attached hydrogens (tertiary/aromatic N) is 1. The van der Waals surface area contributed by atoms with E-state index in [0.29, 0.717) is 19.4 Å². The largest absolute Gasteiger partial charge is 0.494 e. The molecular formula is C14H20N2O. The summed E-state index contributed by atoms with van der Waals surface area (Å²) in [7, 11) is 0. The number of ether oxygens (including phenoxy) is 1. The molecule has 1 unspecified atom stereocenters. The van der Waals surface area contributed by atoms with Gasteiger partial charge in [0.1, 0.15) is 11.3 Å². The number of aryl methyl sites for hydroxylation is 1. The summed E-state index contributed by atoms with van der Waals surface area (Å²) in [5.41, 5.74) is 6.40. The highest BCUT2D eigenvalue weighted by atomic mass is 16.5. The molecule has 1 rings (SSSR count). The second-order valence-electron chi connectivity index (χ2n) is 4.39. The lowest BCUT2D eigenvalue weighted by Crippen LogP contribution is -2.37. The maximum absolute atomic E-state index is 8.92. The van der Waals surface area contributed by atoms with Gasteiger partial charge >= 0.3 is 0 Å². The highest BCUT2D eigenvalue weighted by Crippen LogP contribution is 2.15. The Morgan fingerprint density at radius 3 is 2.53 bits per heavy atom. The van der Waals surface area contributed by atoms with E-state index < -0.39 is 5.54 Å². The summed E-state index contributed by atoms with van der Waals surface area (Å²) in [6, 6.07) is 10.1. The van der Waals surface area contributed by atoms with Crippen molar-refractivity contribution in [2.45, 2.75) is 38.6 Å². The third-order valence-electron chi connectivity index (χ3n) is 2.91. The molecule has 0 aliphatic rings. The summed E-state index contributed by atoms with van der Waals surface area (Å²) in [6.45, 7) is 4.58. The Hall–Kier alpha value is -1.53. The molecule has 92 valence electrons. The average Bonchev–Trinajstić information content (AvgIpc) is 2.36.